The van der Waals surface area contributed by atoms with Gasteiger partial charge in [0.25, 0.3) is 0 Å². The van der Waals surface area contributed by atoms with Gasteiger partial charge in [0.05, 0.1) is 16.7 Å². The van der Waals surface area contributed by atoms with Gasteiger partial charge in [-0.15, -0.1) is 0 Å². The number of pyridine rings is 2. The molecule has 3 heterocycles. The molecule has 7 aromatic carbocycles. The topological polar surface area (TPSA) is 30.2 Å². The highest BCUT2D eigenvalue weighted by molar-refractivity contribution is 6.23. The molecule has 0 amide bonds. The molecule has 0 bridgehead atoms. The van der Waals surface area contributed by atoms with Crippen LogP contribution < -0.4 is 0 Å². The molecule has 0 aliphatic rings. The van der Waals surface area contributed by atoms with Gasteiger partial charge in [-0.05, 0) is 78.8 Å². The number of rotatable bonds is 3. The van der Waals surface area contributed by atoms with Gasteiger partial charge >= 0.3 is 0 Å². The summed E-state index contributed by atoms with van der Waals surface area (Å²) in [5, 5.41) is 8.53. The SMILES string of the molecule is c1cc(-c2c3ccccc3c(-c3cccc4ccccc34)c3ccccc23)cc(-c2nc3ccccc3c3nc4ccccn4c23)c1. The molecule has 0 unspecified atom stereocenters. The molecular formula is C44H27N3. The second kappa shape index (κ2) is 10.1. The van der Waals surface area contributed by atoms with Crippen molar-refractivity contribution in [1.29, 1.82) is 0 Å². The minimum atomic E-state index is 0.916. The van der Waals surface area contributed by atoms with E-state index in [0.29, 0.717) is 0 Å². The van der Waals surface area contributed by atoms with Crippen molar-refractivity contribution < 1.29 is 0 Å². The normalized spacial score (nSPS) is 11.8. The van der Waals surface area contributed by atoms with Crippen LogP contribution in [0.3, 0.4) is 0 Å². The summed E-state index contributed by atoms with van der Waals surface area (Å²) < 4.78 is 2.17. The van der Waals surface area contributed by atoms with Crippen molar-refractivity contribution in [2.24, 2.45) is 0 Å². The number of benzene rings is 7. The lowest BCUT2D eigenvalue weighted by atomic mass is 9.84. The Morgan fingerprint density at radius 3 is 1.81 bits per heavy atom. The first-order valence-corrected chi connectivity index (χ1v) is 16.0. The van der Waals surface area contributed by atoms with Crippen LogP contribution in [-0.4, -0.2) is 14.4 Å². The molecule has 3 heteroatoms. The molecule has 47 heavy (non-hydrogen) atoms. The van der Waals surface area contributed by atoms with Crippen molar-refractivity contribution in [2.75, 3.05) is 0 Å². The van der Waals surface area contributed by atoms with Crippen molar-refractivity contribution in [1.82, 2.24) is 14.4 Å². The average molecular weight is 598 g/mol. The Kier molecular flexibility index (Phi) is 5.57. The maximum Gasteiger partial charge on any atom is 0.137 e. The fraction of sp³-hybridized carbons (Fsp3) is 0. The first kappa shape index (κ1) is 26.0. The minimum absolute atomic E-state index is 0.916. The van der Waals surface area contributed by atoms with E-state index in [1.807, 2.05) is 12.1 Å². The van der Waals surface area contributed by atoms with Crippen molar-refractivity contribution in [3.8, 4) is 33.5 Å². The maximum absolute atomic E-state index is 5.28. The summed E-state index contributed by atoms with van der Waals surface area (Å²) in [6.45, 7) is 0. The summed E-state index contributed by atoms with van der Waals surface area (Å²) >= 11 is 0. The van der Waals surface area contributed by atoms with Crippen LogP contribution in [-0.2, 0) is 0 Å². The Bertz CT molecular complexity index is 2800. The first-order chi connectivity index (χ1) is 23.3. The van der Waals surface area contributed by atoms with E-state index in [1.54, 1.807) is 0 Å². The van der Waals surface area contributed by atoms with Gasteiger partial charge in [0.15, 0.2) is 0 Å². The molecule has 218 valence electrons. The van der Waals surface area contributed by atoms with Crippen LogP contribution in [0.5, 0.6) is 0 Å². The van der Waals surface area contributed by atoms with Crippen molar-refractivity contribution in [2.45, 2.75) is 0 Å². The highest BCUT2D eigenvalue weighted by Crippen LogP contribution is 2.46. The predicted octanol–water partition coefficient (Wildman–Crippen LogP) is 11.5. The molecule has 0 radical (unpaired) electrons. The number of para-hydroxylation sites is 1. The second-order valence-electron chi connectivity index (χ2n) is 12.2. The highest BCUT2D eigenvalue weighted by Gasteiger charge is 2.20. The van der Waals surface area contributed by atoms with Gasteiger partial charge in [-0.25, -0.2) is 9.97 Å². The smallest absolute Gasteiger partial charge is 0.137 e. The van der Waals surface area contributed by atoms with Crippen molar-refractivity contribution in [3.05, 3.63) is 164 Å². The van der Waals surface area contributed by atoms with E-state index in [4.69, 9.17) is 9.97 Å². The van der Waals surface area contributed by atoms with Crippen LogP contribution in [0.4, 0.5) is 0 Å². The number of nitrogens with zero attached hydrogens (tertiary/aromatic N) is 3. The molecule has 0 aliphatic carbocycles. The molecule has 0 N–H and O–H groups in total. The number of fused-ring (bicyclic) bond motifs is 8. The van der Waals surface area contributed by atoms with Crippen LogP contribution >= 0.6 is 0 Å². The molecule has 0 aliphatic heterocycles. The number of imidazole rings is 1. The van der Waals surface area contributed by atoms with E-state index in [2.05, 4.69) is 156 Å². The Morgan fingerprint density at radius 2 is 1.02 bits per heavy atom. The lowest BCUT2D eigenvalue weighted by molar-refractivity contribution is 1.22. The lowest BCUT2D eigenvalue weighted by Gasteiger charge is -2.19. The van der Waals surface area contributed by atoms with Crippen molar-refractivity contribution >= 4 is 59.9 Å². The molecule has 10 aromatic rings. The summed E-state index contributed by atoms with van der Waals surface area (Å²) in [6, 6.07) is 56.4. The van der Waals surface area contributed by atoms with Crippen LogP contribution in [0.2, 0.25) is 0 Å². The predicted molar refractivity (Wildman–Crippen MR) is 197 cm³/mol. The van der Waals surface area contributed by atoms with Crippen LogP contribution in [0.15, 0.2) is 164 Å². The van der Waals surface area contributed by atoms with Crippen LogP contribution in [0.25, 0.3) is 93.4 Å². The zero-order valence-electron chi connectivity index (χ0n) is 25.4. The molecule has 3 aromatic heterocycles. The third-order valence-corrected chi connectivity index (χ3v) is 9.56. The zero-order chi connectivity index (χ0) is 30.9. The summed E-state index contributed by atoms with van der Waals surface area (Å²) in [5.41, 5.74) is 10.8. The molecule has 0 spiro atoms. The molecule has 0 atom stereocenters. The van der Waals surface area contributed by atoms with E-state index in [9.17, 15) is 0 Å². The fourth-order valence-corrected chi connectivity index (χ4v) is 7.55. The Hall–Kier alpha value is -6.32. The Morgan fingerprint density at radius 1 is 0.426 bits per heavy atom. The summed E-state index contributed by atoms with van der Waals surface area (Å²) in [5.74, 6) is 0. The third-order valence-electron chi connectivity index (χ3n) is 9.56. The van der Waals surface area contributed by atoms with E-state index < -0.39 is 0 Å². The zero-order valence-corrected chi connectivity index (χ0v) is 25.4. The van der Waals surface area contributed by atoms with Gasteiger partial charge in [-0.1, -0.05) is 133 Å². The Labute approximate surface area is 271 Å². The minimum Gasteiger partial charge on any atom is -0.298 e. The number of aromatic nitrogens is 3. The van der Waals surface area contributed by atoms with E-state index in [0.717, 1.165) is 44.4 Å². The third kappa shape index (κ3) is 3.87. The van der Waals surface area contributed by atoms with Crippen LogP contribution in [0, 0.1) is 0 Å². The Balaban J connectivity index is 1.28. The molecular weight excluding hydrogens is 571 g/mol. The quantitative estimate of drug-likeness (QED) is 0.190. The number of hydrogen-bond acceptors (Lipinski definition) is 2. The van der Waals surface area contributed by atoms with E-state index in [-0.39, 0.29) is 0 Å². The molecule has 0 saturated carbocycles. The lowest BCUT2D eigenvalue weighted by Crippen LogP contribution is -1.94. The molecule has 3 nitrogen and oxygen atoms in total. The van der Waals surface area contributed by atoms with Crippen LogP contribution in [0.1, 0.15) is 0 Å². The average Bonchev–Trinajstić information content (AvgIpc) is 3.53. The second-order valence-corrected chi connectivity index (χ2v) is 12.2. The van der Waals surface area contributed by atoms with Gasteiger partial charge in [0.2, 0.25) is 0 Å². The standard InChI is InChI=1S/C44H27N3/c1-2-17-31-28(13-1)14-12-23-32(31)41-35-20-5-3-18-33(35)40(34-19-4-6-21-36(34)41)29-15-11-16-30(27-29)42-44-43(37-22-7-8-24-38(37)45-42)46-39-25-9-10-26-47(39)44/h1-27H. The molecule has 0 fully saturated rings. The maximum atomic E-state index is 5.28. The van der Waals surface area contributed by atoms with Gasteiger partial charge in [0.1, 0.15) is 11.2 Å². The monoisotopic (exact) mass is 597 g/mol. The van der Waals surface area contributed by atoms with Gasteiger partial charge in [-0.2, -0.15) is 0 Å². The summed E-state index contributed by atoms with van der Waals surface area (Å²) in [6.07, 6.45) is 2.08. The fourth-order valence-electron chi connectivity index (χ4n) is 7.55. The van der Waals surface area contributed by atoms with E-state index in [1.165, 1.54) is 49.0 Å². The summed E-state index contributed by atoms with van der Waals surface area (Å²) in [4.78, 5) is 10.4. The highest BCUT2D eigenvalue weighted by atomic mass is 15.0. The van der Waals surface area contributed by atoms with E-state index >= 15 is 0 Å². The van der Waals surface area contributed by atoms with Gasteiger partial charge in [0, 0.05) is 17.1 Å². The molecule has 0 saturated heterocycles. The first-order valence-electron chi connectivity index (χ1n) is 16.0. The number of hydrogen-bond donors (Lipinski definition) is 0. The molecule has 10 rings (SSSR count). The summed E-state index contributed by atoms with van der Waals surface area (Å²) in [7, 11) is 0. The largest absolute Gasteiger partial charge is 0.298 e. The van der Waals surface area contributed by atoms with Crippen molar-refractivity contribution in [3.63, 3.8) is 0 Å². The van der Waals surface area contributed by atoms with Gasteiger partial charge in [-0.3, -0.25) is 4.40 Å². The van der Waals surface area contributed by atoms with Gasteiger partial charge < -0.3 is 0 Å².